The standard InChI is InChI=1S/C14H25N3O/c1-10(2)11-16-12(17-18-11)14(15)7-5-6-13(3,4)8-9-14/h10H,5-9,15H2,1-4H3. The first-order chi connectivity index (χ1) is 8.32. The van der Waals surface area contributed by atoms with E-state index >= 15 is 0 Å². The van der Waals surface area contributed by atoms with Gasteiger partial charge in [0.15, 0.2) is 5.82 Å². The van der Waals surface area contributed by atoms with Gasteiger partial charge in [0.25, 0.3) is 0 Å². The molecular weight excluding hydrogens is 226 g/mol. The fraction of sp³-hybridized carbons (Fsp3) is 0.857. The zero-order chi connectivity index (χ0) is 13.4. The number of hydrogen-bond donors (Lipinski definition) is 1. The summed E-state index contributed by atoms with van der Waals surface area (Å²) in [6.07, 6.45) is 5.37. The Kier molecular flexibility index (Phi) is 3.49. The van der Waals surface area contributed by atoms with Crippen LogP contribution < -0.4 is 5.73 Å². The highest BCUT2D eigenvalue weighted by Gasteiger charge is 2.37. The van der Waals surface area contributed by atoms with Gasteiger partial charge < -0.3 is 10.3 Å². The van der Waals surface area contributed by atoms with E-state index in [2.05, 4.69) is 37.8 Å². The van der Waals surface area contributed by atoms with Crippen LogP contribution in [-0.4, -0.2) is 10.1 Å². The summed E-state index contributed by atoms with van der Waals surface area (Å²) >= 11 is 0. The summed E-state index contributed by atoms with van der Waals surface area (Å²) in [4.78, 5) is 4.49. The van der Waals surface area contributed by atoms with E-state index in [9.17, 15) is 0 Å². The highest BCUT2D eigenvalue weighted by atomic mass is 16.5. The van der Waals surface area contributed by atoms with Crippen molar-refractivity contribution in [3.8, 4) is 0 Å². The molecule has 4 nitrogen and oxygen atoms in total. The van der Waals surface area contributed by atoms with E-state index in [0.29, 0.717) is 17.1 Å². The molecule has 1 aliphatic rings. The molecular formula is C14H25N3O. The Hall–Kier alpha value is -0.900. The molecule has 1 aromatic heterocycles. The van der Waals surface area contributed by atoms with Crippen molar-refractivity contribution in [2.24, 2.45) is 11.1 Å². The third-order valence-corrected chi connectivity index (χ3v) is 4.11. The van der Waals surface area contributed by atoms with Crippen molar-refractivity contribution >= 4 is 0 Å². The quantitative estimate of drug-likeness (QED) is 0.819. The minimum atomic E-state index is -0.398. The van der Waals surface area contributed by atoms with Crippen molar-refractivity contribution in [3.05, 3.63) is 11.7 Å². The summed E-state index contributed by atoms with van der Waals surface area (Å²) in [5, 5.41) is 4.11. The molecule has 2 N–H and O–H groups in total. The van der Waals surface area contributed by atoms with Gasteiger partial charge >= 0.3 is 0 Å². The number of nitrogens with two attached hydrogens (primary N) is 1. The fourth-order valence-corrected chi connectivity index (χ4v) is 2.59. The first-order valence-corrected chi connectivity index (χ1v) is 6.95. The smallest absolute Gasteiger partial charge is 0.229 e. The van der Waals surface area contributed by atoms with E-state index in [1.54, 1.807) is 0 Å². The molecule has 1 unspecified atom stereocenters. The molecule has 1 aliphatic carbocycles. The van der Waals surface area contributed by atoms with Gasteiger partial charge in [0.2, 0.25) is 5.89 Å². The van der Waals surface area contributed by atoms with Crippen molar-refractivity contribution in [1.29, 1.82) is 0 Å². The highest BCUT2D eigenvalue weighted by Crippen LogP contribution is 2.40. The predicted octanol–water partition coefficient (Wildman–Crippen LogP) is 3.34. The molecule has 0 bridgehead atoms. The van der Waals surface area contributed by atoms with Crippen molar-refractivity contribution < 1.29 is 4.52 Å². The van der Waals surface area contributed by atoms with Gasteiger partial charge in [0.05, 0.1) is 5.54 Å². The SMILES string of the molecule is CC(C)c1nc(C2(N)CCCC(C)(C)CC2)no1. The summed E-state index contributed by atoms with van der Waals surface area (Å²) in [5.74, 6) is 1.65. The molecule has 0 amide bonds. The Balaban J connectivity index is 2.19. The lowest BCUT2D eigenvalue weighted by molar-refractivity contribution is 0.288. The molecule has 0 aromatic carbocycles. The van der Waals surface area contributed by atoms with E-state index < -0.39 is 5.54 Å². The Morgan fingerprint density at radius 2 is 1.89 bits per heavy atom. The van der Waals surface area contributed by atoms with Crippen LogP contribution in [-0.2, 0) is 5.54 Å². The maximum atomic E-state index is 6.53. The monoisotopic (exact) mass is 251 g/mol. The summed E-state index contributed by atoms with van der Waals surface area (Å²) in [6, 6.07) is 0. The third kappa shape index (κ3) is 2.74. The molecule has 1 heterocycles. The van der Waals surface area contributed by atoms with E-state index in [4.69, 9.17) is 10.3 Å². The molecule has 0 saturated heterocycles. The van der Waals surface area contributed by atoms with Gasteiger partial charge in [-0.3, -0.25) is 0 Å². The number of aromatic nitrogens is 2. The molecule has 102 valence electrons. The average Bonchev–Trinajstić information content (AvgIpc) is 2.71. The zero-order valence-electron chi connectivity index (χ0n) is 12.0. The van der Waals surface area contributed by atoms with Crippen LogP contribution >= 0.6 is 0 Å². The van der Waals surface area contributed by atoms with Crippen LogP contribution in [0.15, 0.2) is 4.52 Å². The zero-order valence-corrected chi connectivity index (χ0v) is 12.0. The second-order valence-electron chi connectivity index (χ2n) is 6.78. The molecule has 2 rings (SSSR count). The first-order valence-electron chi connectivity index (χ1n) is 6.95. The highest BCUT2D eigenvalue weighted by molar-refractivity contribution is 5.06. The number of nitrogens with zero attached hydrogens (tertiary/aromatic N) is 2. The molecule has 1 fully saturated rings. The summed E-state index contributed by atoms with van der Waals surface area (Å²) in [6.45, 7) is 8.73. The average molecular weight is 251 g/mol. The Bertz CT molecular complexity index is 411. The van der Waals surface area contributed by atoms with Crippen molar-refractivity contribution in [3.63, 3.8) is 0 Å². The van der Waals surface area contributed by atoms with Crippen LogP contribution in [0, 0.1) is 5.41 Å². The molecule has 0 aliphatic heterocycles. The van der Waals surface area contributed by atoms with Gasteiger partial charge in [-0.15, -0.1) is 0 Å². The van der Waals surface area contributed by atoms with Crippen molar-refractivity contribution in [2.75, 3.05) is 0 Å². The van der Waals surface area contributed by atoms with E-state index in [-0.39, 0.29) is 5.92 Å². The lowest BCUT2D eigenvalue weighted by Gasteiger charge is -2.25. The van der Waals surface area contributed by atoms with Crippen molar-refractivity contribution in [2.45, 2.75) is 71.3 Å². The molecule has 18 heavy (non-hydrogen) atoms. The second kappa shape index (κ2) is 4.65. The Morgan fingerprint density at radius 3 is 2.50 bits per heavy atom. The molecule has 1 saturated carbocycles. The van der Waals surface area contributed by atoms with Crippen LogP contribution in [0.2, 0.25) is 0 Å². The molecule has 0 spiro atoms. The van der Waals surface area contributed by atoms with Gasteiger partial charge in [0, 0.05) is 5.92 Å². The lowest BCUT2D eigenvalue weighted by Crippen LogP contribution is -2.37. The van der Waals surface area contributed by atoms with Gasteiger partial charge in [-0.25, -0.2) is 0 Å². The topological polar surface area (TPSA) is 64.9 Å². The van der Waals surface area contributed by atoms with Gasteiger partial charge in [-0.05, 0) is 31.1 Å². The lowest BCUT2D eigenvalue weighted by atomic mass is 9.83. The normalized spacial score (nSPS) is 28.3. The van der Waals surface area contributed by atoms with Gasteiger partial charge in [-0.2, -0.15) is 4.98 Å². The fourth-order valence-electron chi connectivity index (χ4n) is 2.59. The van der Waals surface area contributed by atoms with Crippen molar-refractivity contribution in [1.82, 2.24) is 10.1 Å². The number of hydrogen-bond acceptors (Lipinski definition) is 4. The molecule has 0 radical (unpaired) electrons. The van der Waals surface area contributed by atoms with E-state index in [0.717, 1.165) is 25.7 Å². The minimum absolute atomic E-state index is 0.261. The van der Waals surface area contributed by atoms with Crippen LogP contribution in [0.5, 0.6) is 0 Å². The van der Waals surface area contributed by atoms with Crippen LogP contribution in [0.3, 0.4) is 0 Å². The van der Waals surface area contributed by atoms with Gasteiger partial charge in [0.1, 0.15) is 0 Å². The maximum Gasteiger partial charge on any atom is 0.229 e. The second-order valence-corrected chi connectivity index (χ2v) is 6.78. The van der Waals surface area contributed by atoms with Gasteiger partial charge in [-0.1, -0.05) is 39.3 Å². The summed E-state index contributed by atoms with van der Waals surface area (Å²) in [5.41, 5.74) is 6.51. The van der Waals surface area contributed by atoms with E-state index in [1.807, 2.05) is 0 Å². The predicted molar refractivity (Wildman–Crippen MR) is 71.1 cm³/mol. The summed E-state index contributed by atoms with van der Waals surface area (Å²) < 4.78 is 5.30. The first kappa shape index (κ1) is 13.5. The minimum Gasteiger partial charge on any atom is -0.339 e. The third-order valence-electron chi connectivity index (χ3n) is 4.11. The van der Waals surface area contributed by atoms with Crippen LogP contribution in [0.25, 0.3) is 0 Å². The molecule has 1 aromatic rings. The van der Waals surface area contributed by atoms with E-state index in [1.165, 1.54) is 6.42 Å². The summed E-state index contributed by atoms with van der Waals surface area (Å²) in [7, 11) is 0. The number of rotatable bonds is 2. The molecule has 4 heteroatoms. The maximum absolute atomic E-state index is 6.53. The largest absolute Gasteiger partial charge is 0.339 e. The Morgan fingerprint density at radius 1 is 1.17 bits per heavy atom. The molecule has 1 atom stereocenters. The van der Waals surface area contributed by atoms with Crippen LogP contribution in [0.4, 0.5) is 0 Å². The van der Waals surface area contributed by atoms with Crippen LogP contribution in [0.1, 0.15) is 77.4 Å². The Labute approximate surface area is 109 Å².